The smallest absolute Gasteiger partial charge is 0.249 e. The van der Waals surface area contributed by atoms with Crippen LogP contribution in [0.3, 0.4) is 0 Å². The van der Waals surface area contributed by atoms with Gasteiger partial charge in [-0.05, 0) is 23.8 Å². The Hall–Kier alpha value is -3.57. The number of benzene rings is 2. The number of nitrogens with zero attached hydrogens (tertiary/aromatic N) is 3. The molecule has 1 unspecified atom stereocenters. The van der Waals surface area contributed by atoms with Crippen molar-refractivity contribution in [3.63, 3.8) is 0 Å². The SMILES string of the molecule is CCc1nc2c(o1)NC(N)=C(C#N)C21C(=O)N(Cc2cccc(Br)c2)c2ccccc21. The molecule has 154 valence electrons. The van der Waals surface area contributed by atoms with Gasteiger partial charge >= 0.3 is 0 Å². The van der Waals surface area contributed by atoms with Crippen LogP contribution in [0.2, 0.25) is 0 Å². The van der Waals surface area contributed by atoms with Gasteiger partial charge in [-0.3, -0.25) is 4.79 Å². The summed E-state index contributed by atoms with van der Waals surface area (Å²) in [6, 6.07) is 17.4. The number of rotatable bonds is 3. The predicted octanol–water partition coefficient (Wildman–Crippen LogP) is 3.95. The largest absolute Gasteiger partial charge is 0.425 e. The Morgan fingerprint density at radius 1 is 1.29 bits per heavy atom. The molecular weight excluding hydrogens is 458 g/mol. The molecule has 2 aliphatic rings. The third-order valence-corrected chi connectivity index (χ3v) is 6.22. The van der Waals surface area contributed by atoms with E-state index < -0.39 is 5.41 Å². The number of carbonyl (C=O) groups excluding carboxylic acids is 1. The van der Waals surface area contributed by atoms with E-state index in [2.05, 4.69) is 32.3 Å². The van der Waals surface area contributed by atoms with Gasteiger partial charge in [0, 0.05) is 22.1 Å². The zero-order chi connectivity index (χ0) is 21.8. The number of nitrogens with two attached hydrogens (primary N) is 1. The molecule has 1 atom stereocenters. The molecule has 0 radical (unpaired) electrons. The van der Waals surface area contributed by atoms with Gasteiger partial charge in [-0.1, -0.05) is 53.2 Å². The lowest BCUT2D eigenvalue weighted by molar-refractivity contribution is -0.121. The normalized spacial score (nSPS) is 19.3. The first kappa shape index (κ1) is 19.4. The van der Waals surface area contributed by atoms with E-state index in [0.717, 1.165) is 15.7 Å². The zero-order valence-corrected chi connectivity index (χ0v) is 18.2. The number of fused-ring (bicyclic) bond motifs is 4. The molecule has 1 aromatic heterocycles. The van der Waals surface area contributed by atoms with Crippen LogP contribution in [0.15, 0.2) is 68.8 Å². The van der Waals surface area contributed by atoms with Crippen molar-refractivity contribution >= 4 is 33.4 Å². The third kappa shape index (κ3) is 2.63. The van der Waals surface area contributed by atoms with E-state index in [4.69, 9.17) is 10.2 Å². The van der Waals surface area contributed by atoms with Crippen molar-refractivity contribution in [2.75, 3.05) is 10.2 Å². The van der Waals surface area contributed by atoms with Crippen LogP contribution in [0.25, 0.3) is 0 Å². The molecule has 31 heavy (non-hydrogen) atoms. The average Bonchev–Trinajstić information content (AvgIpc) is 3.28. The van der Waals surface area contributed by atoms with Gasteiger partial charge in [0.2, 0.25) is 11.8 Å². The minimum Gasteiger partial charge on any atom is -0.425 e. The number of hydrogen-bond acceptors (Lipinski definition) is 6. The molecule has 2 aromatic carbocycles. The number of oxazole rings is 1. The van der Waals surface area contributed by atoms with Crippen LogP contribution >= 0.6 is 15.9 Å². The van der Waals surface area contributed by atoms with E-state index in [1.165, 1.54) is 0 Å². The first-order valence-corrected chi connectivity index (χ1v) is 10.6. The van der Waals surface area contributed by atoms with Crippen molar-refractivity contribution in [3.05, 3.63) is 87.1 Å². The molecule has 3 aromatic rings. The highest BCUT2D eigenvalue weighted by Crippen LogP contribution is 2.54. The summed E-state index contributed by atoms with van der Waals surface area (Å²) >= 11 is 3.49. The van der Waals surface area contributed by atoms with Crippen LogP contribution in [-0.2, 0) is 23.2 Å². The molecular formula is C23H18BrN5O2. The third-order valence-electron chi connectivity index (χ3n) is 5.73. The summed E-state index contributed by atoms with van der Waals surface area (Å²) in [7, 11) is 0. The van der Waals surface area contributed by atoms with Crippen LogP contribution in [0.4, 0.5) is 11.6 Å². The molecule has 2 aliphatic heterocycles. The number of amides is 1. The summed E-state index contributed by atoms with van der Waals surface area (Å²) in [6.45, 7) is 2.26. The lowest BCUT2D eigenvalue weighted by Crippen LogP contribution is -2.46. The van der Waals surface area contributed by atoms with Crippen LogP contribution in [0, 0.1) is 11.3 Å². The zero-order valence-electron chi connectivity index (χ0n) is 16.6. The summed E-state index contributed by atoms with van der Waals surface area (Å²) in [5.74, 6) is 0.605. The molecule has 7 nitrogen and oxygen atoms in total. The predicted molar refractivity (Wildman–Crippen MR) is 119 cm³/mol. The van der Waals surface area contributed by atoms with E-state index >= 15 is 0 Å². The van der Waals surface area contributed by atoms with E-state index in [0.29, 0.717) is 36.0 Å². The summed E-state index contributed by atoms with van der Waals surface area (Å²) in [6.07, 6.45) is 0.546. The Labute approximate surface area is 187 Å². The van der Waals surface area contributed by atoms with E-state index in [9.17, 15) is 10.1 Å². The Bertz CT molecular complexity index is 1310. The van der Waals surface area contributed by atoms with Crippen molar-refractivity contribution in [2.45, 2.75) is 25.3 Å². The van der Waals surface area contributed by atoms with Gasteiger partial charge in [-0.2, -0.15) is 5.26 Å². The first-order valence-electron chi connectivity index (χ1n) is 9.84. The van der Waals surface area contributed by atoms with Gasteiger partial charge in [0.15, 0.2) is 11.3 Å². The number of aromatic nitrogens is 1. The van der Waals surface area contributed by atoms with Gasteiger partial charge in [0.25, 0.3) is 0 Å². The average molecular weight is 476 g/mol. The molecule has 0 aliphatic carbocycles. The maximum Gasteiger partial charge on any atom is 0.249 e. The van der Waals surface area contributed by atoms with E-state index in [1.807, 2.05) is 55.5 Å². The van der Waals surface area contributed by atoms with Crippen LogP contribution in [-0.4, -0.2) is 10.9 Å². The Balaban J connectivity index is 1.77. The number of nitrogens with one attached hydrogen (secondary N) is 1. The van der Waals surface area contributed by atoms with Crippen molar-refractivity contribution < 1.29 is 9.21 Å². The summed E-state index contributed by atoms with van der Waals surface area (Å²) in [4.78, 5) is 20.5. The number of hydrogen-bond donors (Lipinski definition) is 2. The quantitative estimate of drug-likeness (QED) is 0.593. The highest BCUT2D eigenvalue weighted by atomic mass is 79.9. The maximum absolute atomic E-state index is 14.2. The number of anilines is 2. The van der Waals surface area contributed by atoms with Gasteiger partial charge < -0.3 is 20.4 Å². The standard InChI is InChI=1S/C23H18BrN5O2/c1-2-18-27-19-21(31-18)28-20(26)16(11-25)23(19)15-8-3-4-9-17(15)29(22(23)30)12-13-6-5-7-14(24)10-13/h3-10,28H,2,12,26H2,1H3. The van der Waals surface area contributed by atoms with Gasteiger partial charge in [0.05, 0.1) is 12.1 Å². The molecule has 0 saturated carbocycles. The van der Waals surface area contributed by atoms with Crippen LogP contribution in [0.1, 0.15) is 29.6 Å². The highest BCUT2D eigenvalue weighted by molar-refractivity contribution is 9.10. The van der Waals surface area contributed by atoms with Crippen molar-refractivity contribution in [1.29, 1.82) is 5.26 Å². The Morgan fingerprint density at radius 3 is 2.84 bits per heavy atom. The molecule has 8 heteroatoms. The number of aryl methyl sites for hydroxylation is 1. The fourth-order valence-corrected chi connectivity index (χ4v) is 4.85. The van der Waals surface area contributed by atoms with Crippen molar-refractivity contribution in [3.8, 4) is 6.07 Å². The van der Waals surface area contributed by atoms with E-state index in [-0.39, 0.29) is 17.3 Å². The molecule has 0 bridgehead atoms. The highest BCUT2D eigenvalue weighted by Gasteiger charge is 2.60. The van der Waals surface area contributed by atoms with E-state index in [1.54, 1.807) is 4.90 Å². The fraction of sp³-hybridized carbons (Fsp3) is 0.174. The molecule has 1 spiro atoms. The monoisotopic (exact) mass is 475 g/mol. The maximum atomic E-state index is 14.2. The van der Waals surface area contributed by atoms with Gasteiger partial charge in [-0.25, -0.2) is 4.98 Å². The molecule has 1 amide bonds. The lowest BCUT2D eigenvalue weighted by Gasteiger charge is -2.31. The molecule has 3 heterocycles. The van der Waals surface area contributed by atoms with Crippen LogP contribution in [0.5, 0.6) is 0 Å². The molecule has 0 saturated heterocycles. The molecule has 5 rings (SSSR count). The molecule has 3 N–H and O–H groups in total. The van der Waals surface area contributed by atoms with Gasteiger partial charge in [-0.15, -0.1) is 0 Å². The summed E-state index contributed by atoms with van der Waals surface area (Å²) in [5, 5.41) is 13.0. The lowest BCUT2D eigenvalue weighted by atomic mass is 9.71. The minimum atomic E-state index is -1.45. The first-order chi connectivity index (χ1) is 15.0. The molecule has 0 fully saturated rings. The van der Waals surface area contributed by atoms with Crippen molar-refractivity contribution in [1.82, 2.24) is 4.98 Å². The minimum absolute atomic E-state index is 0.0984. The number of halogens is 1. The second-order valence-corrected chi connectivity index (χ2v) is 8.37. The number of para-hydroxylation sites is 1. The number of nitriles is 1. The van der Waals surface area contributed by atoms with Crippen LogP contribution < -0.4 is 16.0 Å². The Kier molecular flexibility index (Phi) is 4.38. The Morgan fingerprint density at radius 2 is 2.10 bits per heavy atom. The summed E-state index contributed by atoms with van der Waals surface area (Å²) < 4.78 is 6.74. The second kappa shape index (κ2) is 7.00. The van der Waals surface area contributed by atoms with Crippen molar-refractivity contribution in [2.24, 2.45) is 5.73 Å². The second-order valence-electron chi connectivity index (χ2n) is 7.45. The van der Waals surface area contributed by atoms with Gasteiger partial charge in [0.1, 0.15) is 17.6 Å². The topological polar surface area (TPSA) is 108 Å². The number of carbonyl (C=O) groups is 1. The summed E-state index contributed by atoms with van der Waals surface area (Å²) in [5.41, 5.74) is 7.64. The fourth-order valence-electron chi connectivity index (χ4n) is 4.40.